The van der Waals surface area contributed by atoms with Crippen molar-refractivity contribution in [1.82, 2.24) is 4.90 Å². The minimum atomic E-state index is -0.758. The van der Waals surface area contributed by atoms with Crippen molar-refractivity contribution < 1.29 is 23.8 Å². The first-order valence-electron chi connectivity index (χ1n) is 13.9. The third kappa shape index (κ3) is 7.19. The Morgan fingerprint density at radius 3 is 2.53 bits per heavy atom. The van der Waals surface area contributed by atoms with Gasteiger partial charge < -0.3 is 19.1 Å². The summed E-state index contributed by atoms with van der Waals surface area (Å²) in [6.45, 7) is 12.4. The number of carbonyl (C=O) groups excluding carboxylic acids is 2. The van der Waals surface area contributed by atoms with Gasteiger partial charge in [0.1, 0.15) is 5.75 Å². The first kappa shape index (κ1) is 27.8. The number of nitrogens with zero attached hydrogens (tertiary/aromatic N) is 3. The molecule has 2 aromatic carbocycles. The van der Waals surface area contributed by atoms with Crippen molar-refractivity contribution in [2.45, 2.75) is 52.9 Å². The highest BCUT2D eigenvalue weighted by molar-refractivity contribution is 5.96. The minimum Gasteiger partial charge on any atom is -0.494 e. The average Bonchev–Trinajstić information content (AvgIpc) is 2.93. The number of amides is 1. The van der Waals surface area contributed by atoms with E-state index in [9.17, 15) is 9.59 Å². The molecule has 4 rings (SSSR count). The molecule has 0 atom stereocenters. The van der Waals surface area contributed by atoms with Crippen LogP contribution in [0.5, 0.6) is 5.75 Å². The van der Waals surface area contributed by atoms with Crippen LogP contribution in [0.15, 0.2) is 36.4 Å². The van der Waals surface area contributed by atoms with Gasteiger partial charge in [0.2, 0.25) is 5.91 Å². The molecular formula is C30H41N3O5. The topological polar surface area (TPSA) is 71.5 Å². The van der Waals surface area contributed by atoms with Crippen molar-refractivity contribution in [3.05, 3.63) is 53.1 Å². The van der Waals surface area contributed by atoms with Crippen LogP contribution in [0.3, 0.4) is 0 Å². The maximum absolute atomic E-state index is 12.5. The van der Waals surface area contributed by atoms with Crippen LogP contribution in [0, 0.1) is 13.8 Å². The Morgan fingerprint density at radius 1 is 0.921 bits per heavy atom. The Kier molecular flexibility index (Phi) is 9.87. The predicted molar refractivity (Wildman–Crippen MR) is 149 cm³/mol. The number of benzene rings is 2. The molecular weight excluding hydrogens is 482 g/mol. The summed E-state index contributed by atoms with van der Waals surface area (Å²) in [5.74, 6) is 0.648. The van der Waals surface area contributed by atoms with Crippen molar-refractivity contribution in [2.24, 2.45) is 0 Å². The molecule has 2 aliphatic heterocycles. The fourth-order valence-corrected chi connectivity index (χ4v) is 5.01. The van der Waals surface area contributed by atoms with Crippen LogP contribution >= 0.6 is 0 Å². The van der Waals surface area contributed by atoms with Crippen LogP contribution in [0.25, 0.3) is 0 Å². The predicted octanol–water partition coefficient (Wildman–Crippen LogP) is 5.08. The van der Waals surface area contributed by atoms with Crippen LogP contribution in [-0.2, 0) is 20.7 Å². The lowest BCUT2D eigenvalue weighted by atomic mass is 10.0. The smallest absolute Gasteiger partial charge is 0.494 e. The molecule has 0 spiro atoms. The molecule has 8 nitrogen and oxygen atoms in total. The summed E-state index contributed by atoms with van der Waals surface area (Å²) >= 11 is 0. The molecule has 0 aliphatic carbocycles. The van der Waals surface area contributed by atoms with Crippen molar-refractivity contribution >= 4 is 23.4 Å². The summed E-state index contributed by atoms with van der Waals surface area (Å²) in [6, 6.07) is 12.4. The summed E-state index contributed by atoms with van der Waals surface area (Å²) in [7, 11) is 0. The van der Waals surface area contributed by atoms with Gasteiger partial charge in [-0.1, -0.05) is 25.1 Å². The Morgan fingerprint density at radius 2 is 1.74 bits per heavy atom. The van der Waals surface area contributed by atoms with Gasteiger partial charge in [-0.05, 0) is 74.9 Å². The second-order valence-corrected chi connectivity index (χ2v) is 10.1. The highest BCUT2D eigenvalue weighted by Crippen LogP contribution is 2.32. The monoisotopic (exact) mass is 523 g/mol. The lowest BCUT2D eigenvalue weighted by molar-refractivity contribution is -0.119. The first-order valence-corrected chi connectivity index (χ1v) is 13.9. The number of hydrogen-bond acceptors (Lipinski definition) is 7. The summed E-state index contributed by atoms with van der Waals surface area (Å²) < 4.78 is 16.1. The Hall–Kier alpha value is -3.26. The zero-order valence-electron chi connectivity index (χ0n) is 23.0. The van der Waals surface area contributed by atoms with E-state index in [0.29, 0.717) is 32.5 Å². The number of hydrogen-bond donors (Lipinski definition) is 0. The molecule has 0 bridgehead atoms. The van der Waals surface area contributed by atoms with Crippen molar-refractivity contribution in [3.63, 3.8) is 0 Å². The molecule has 1 saturated heterocycles. The number of unbranched alkanes of at least 4 members (excludes halogenated alkanes) is 1. The van der Waals surface area contributed by atoms with Crippen LogP contribution in [-0.4, -0.2) is 69.6 Å². The van der Waals surface area contributed by atoms with E-state index >= 15 is 0 Å². The van der Waals surface area contributed by atoms with E-state index in [0.717, 1.165) is 62.6 Å². The molecule has 2 heterocycles. The number of fused-ring (bicyclic) bond motifs is 1. The van der Waals surface area contributed by atoms with E-state index in [4.69, 9.17) is 14.2 Å². The number of carbonyl (C=O) groups is 2. The number of anilines is 2. The number of ether oxygens (including phenoxy) is 3. The summed E-state index contributed by atoms with van der Waals surface area (Å²) in [4.78, 5) is 30.8. The molecule has 2 aromatic rings. The van der Waals surface area contributed by atoms with Gasteiger partial charge in [-0.3, -0.25) is 14.6 Å². The van der Waals surface area contributed by atoms with Crippen molar-refractivity contribution in [2.75, 3.05) is 62.5 Å². The fraction of sp³-hybridized carbons (Fsp3) is 0.533. The fourth-order valence-electron chi connectivity index (χ4n) is 5.01. The number of rotatable bonds is 11. The minimum absolute atomic E-state index is 0.0735. The maximum Gasteiger partial charge on any atom is 0.510 e. The van der Waals surface area contributed by atoms with Gasteiger partial charge in [0.25, 0.3) is 0 Å². The van der Waals surface area contributed by atoms with Gasteiger partial charge in [-0.25, -0.2) is 4.79 Å². The first-order chi connectivity index (χ1) is 18.5. The van der Waals surface area contributed by atoms with Crippen LogP contribution < -0.4 is 14.5 Å². The standard InChI is InChI=1S/C30H41N3O5/c1-4-19-37-30(35)38-22-33-28-21-26(12-10-25(28)11-13-29(33)34)36-20-6-5-14-31-15-17-32(18-16-31)27-9-7-8-23(2)24(27)3/h7-10,12,21H,4-6,11,13-20,22H2,1-3H3. The molecule has 0 unspecified atom stereocenters. The maximum atomic E-state index is 12.5. The molecule has 8 heteroatoms. The van der Waals surface area contributed by atoms with Crippen molar-refractivity contribution in [1.29, 1.82) is 0 Å². The third-order valence-corrected chi connectivity index (χ3v) is 7.42. The largest absolute Gasteiger partial charge is 0.510 e. The van der Waals surface area contributed by atoms with Gasteiger partial charge in [-0.15, -0.1) is 0 Å². The van der Waals surface area contributed by atoms with Crippen LogP contribution in [0.4, 0.5) is 16.2 Å². The Balaban J connectivity index is 1.19. The van der Waals surface area contributed by atoms with Crippen LogP contribution in [0.1, 0.15) is 49.3 Å². The second kappa shape index (κ2) is 13.5. The SMILES string of the molecule is CCCOC(=O)OCN1C(=O)CCc2ccc(OCCCCN3CCN(c4cccc(C)c4C)CC3)cc21. The zero-order valence-corrected chi connectivity index (χ0v) is 23.0. The van der Waals surface area contributed by atoms with E-state index in [2.05, 4.69) is 41.8 Å². The second-order valence-electron chi connectivity index (χ2n) is 10.1. The van der Waals surface area contributed by atoms with E-state index in [-0.39, 0.29) is 12.6 Å². The average molecular weight is 524 g/mol. The Bertz CT molecular complexity index is 1100. The van der Waals surface area contributed by atoms with Gasteiger partial charge in [0, 0.05) is 44.4 Å². The summed E-state index contributed by atoms with van der Waals surface area (Å²) in [5.41, 5.74) is 5.89. The molecule has 0 radical (unpaired) electrons. The molecule has 0 aromatic heterocycles. The van der Waals surface area contributed by atoms with E-state index in [1.54, 1.807) is 0 Å². The van der Waals surface area contributed by atoms with Crippen LogP contribution in [0.2, 0.25) is 0 Å². The van der Waals surface area contributed by atoms with E-state index < -0.39 is 6.16 Å². The third-order valence-electron chi connectivity index (χ3n) is 7.42. The van der Waals surface area contributed by atoms with Gasteiger partial charge in [0.05, 0.1) is 18.9 Å². The highest BCUT2D eigenvalue weighted by Gasteiger charge is 2.26. The van der Waals surface area contributed by atoms with E-state index in [1.807, 2.05) is 25.1 Å². The molecule has 0 saturated carbocycles. The summed E-state index contributed by atoms with van der Waals surface area (Å²) in [6.07, 6.45) is 3.05. The Labute approximate surface area is 226 Å². The molecule has 1 amide bonds. The molecule has 0 N–H and O–H groups in total. The van der Waals surface area contributed by atoms with Gasteiger partial charge in [-0.2, -0.15) is 0 Å². The lowest BCUT2D eigenvalue weighted by Gasteiger charge is -2.37. The lowest BCUT2D eigenvalue weighted by Crippen LogP contribution is -2.46. The highest BCUT2D eigenvalue weighted by atomic mass is 16.7. The summed E-state index contributed by atoms with van der Waals surface area (Å²) in [5, 5.41) is 0. The van der Waals surface area contributed by atoms with Crippen molar-refractivity contribution in [3.8, 4) is 5.75 Å². The molecule has 2 aliphatic rings. The van der Waals surface area contributed by atoms with Gasteiger partial charge in [0.15, 0.2) is 6.73 Å². The number of aryl methyl sites for hydroxylation is 2. The molecule has 1 fully saturated rings. The number of piperazine rings is 1. The van der Waals surface area contributed by atoms with E-state index in [1.165, 1.54) is 21.7 Å². The zero-order chi connectivity index (χ0) is 26.9. The quantitative estimate of drug-likeness (QED) is 0.300. The molecule has 206 valence electrons. The molecule has 38 heavy (non-hydrogen) atoms. The normalized spacial score (nSPS) is 15.8. The van der Waals surface area contributed by atoms with Gasteiger partial charge >= 0.3 is 6.16 Å².